The first-order chi connectivity index (χ1) is 9.10. The van der Waals surface area contributed by atoms with E-state index in [-0.39, 0.29) is 12.3 Å². The second-order valence-corrected chi connectivity index (χ2v) is 4.29. The first-order valence-electron chi connectivity index (χ1n) is 5.45. The van der Waals surface area contributed by atoms with Gasteiger partial charge in [-0.3, -0.25) is 10.2 Å². The molecule has 2 rings (SSSR count). The van der Waals surface area contributed by atoms with Gasteiger partial charge in [-0.05, 0) is 24.6 Å². The highest BCUT2D eigenvalue weighted by molar-refractivity contribution is 6.30. The maximum Gasteiger partial charge on any atom is 0.287 e. The Bertz CT molecular complexity index is 598. The number of amides is 1. The van der Waals surface area contributed by atoms with E-state index in [1.165, 1.54) is 6.07 Å². The average molecular weight is 282 g/mol. The number of aryl methyl sites for hydroxylation is 1. The van der Waals surface area contributed by atoms with Crippen LogP contribution in [0.5, 0.6) is 5.75 Å². The van der Waals surface area contributed by atoms with Gasteiger partial charge in [-0.2, -0.15) is 0 Å². The van der Waals surface area contributed by atoms with E-state index >= 15 is 0 Å². The van der Waals surface area contributed by atoms with Crippen LogP contribution >= 0.6 is 11.6 Å². The molecule has 7 heteroatoms. The molecule has 0 saturated heterocycles. The molecule has 0 fully saturated rings. The summed E-state index contributed by atoms with van der Waals surface area (Å²) in [4.78, 5) is 11.2. The normalized spacial score (nSPS) is 10.3. The summed E-state index contributed by atoms with van der Waals surface area (Å²) in [5.41, 5.74) is 3.01. The van der Waals surface area contributed by atoms with Crippen molar-refractivity contribution in [3.05, 3.63) is 46.3 Å². The number of benzene rings is 1. The van der Waals surface area contributed by atoms with Crippen molar-refractivity contribution in [2.45, 2.75) is 13.5 Å². The minimum atomic E-state index is -0.520. The minimum absolute atomic E-state index is 0.101. The van der Waals surface area contributed by atoms with Crippen molar-refractivity contribution in [3.63, 3.8) is 0 Å². The van der Waals surface area contributed by atoms with E-state index in [1.807, 2.05) is 18.4 Å². The van der Waals surface area contributed by atoms with Gasteiger partial charge in [-0.15, -0.1) is 0 Å². The molecule has 2 aromatic rings. The van der Waals surface area contributed by atoms with Crippen molar-refractivity contribution in [1.29, 1.82) is 0 Å². The lowest BCUT2D eigenvalue weighted by Gasteiger charge is -2.07. The lowest BCUT2D eigenvalue weighted by molar-refractivity contribution is 0.0944. The number of carbonyl (C=O) groups excluding carboxylic acids is 1. The van der Waals surface area contributed by atoms with Crippen LogP contribution in [-0.4, -0.2) is 11.1 Å². The molecule has 19 heavy (non-hydrogen) atoms. The number of carbonyl (C=O) groups is 1. The molecule has 3 N–H and O–H groups in total. The summed E-state index contributed by atoms with van der Waals surface area (Å²) in [6.07, 6.45) is 0. The summed E-state index contributed by atoms with van der Waals surface area (Å²) in [6, 6.07) is 6.80. The van der Waals surface area contributed by atoms with Crippen LogP contribution in [0.25, 0.3) is 0 Å². The predicted octanol–water partition coefficient (Wildman–Crippen LogP) is 1.82. The zero-order chi connectivity index (χ0) is 13.8. The number of nitrogens with two attached hydrogens (primary N) is 1. The molecule has 0 unspecified atom stereocenters. The number of nitrogens with one attached hydrogen (secondary N) is 1. The number of hydrogen-bond acceptors (Lipinski definition) is 5. The molecule has 0 saturated carbocycles. The Hall–Kier alpha value is -2.05. The van der Waals surface area contributed by atoms with Crippen molar-refractivity contribution in [2.75, 3.05) is 0 Å². The molecule has 6 nitrogen and oxygen atoms in total. The number of rotatable bonds is 4. The third-order valence-corrected chi connectivity index (χ3v) is 2.68. The number of halogens is 1. The van der Waals surface area contributed by atoms with E-state index < -0.39 is 5.91 Å². The van der Waals surface area contributed by atoms with Gasteiger partial charge in [0.15, 0.2) is 11.5 Å². The van der Waals surface area contributed by atoms with Crippen LogP contribution < -0.4 is 16.0 Å². The predicted molar refractivity (Wildman–Crippen MR) is 68.7 cm³/mol. The molecule has 1 aromatic carbocycles. The summed E-state index contributed by atoms with van der Waals surface area (Å²) in [5, 5.41) is 4.15. The van der Waals surface area contributed by atoms with E-state index in [0.717, 1.165) is 5.56 Å². The zero-order valence-electron chi connectivity index (χ0n) is 10.1. The van der Waals surface area contributed by atoms with Gasteiger partial charge in [0, 0.05) is 11.1 Å². The Balaban J connectivity index is 2.04. The molecule has 1 heterocycles. The van der Waals surface area contributed by atoms with Gasteiger partial charge < -0.3 is 9.26 Å². The molecular weight excluding hydrogens is 270 g/mol. The van der Waals surface area contributed by atoms with Gasteiger partial charge in [0.2, 0.25) is 0 Å². The number of ether oxygens (including phenoxy) is 1. The van der Waals surface area contributed by atoms with Crippen LogP contribution in [-0.2, 0) is 6.61 Å². The maximum atomic E-state index is 11.2. The molecular formula is C12H12ClN3O3. The Morgan fingerprint density at radius 2 is 2.32 bits per heavy atom. The summed E-state index contributed by atoms with van der Waals surface area (Å²) >= 11 is 5.88. The largest absolute Gasteiger partial charge is 0.485 e. The van der Waals surface area contributed by atoms with Gasteiger partial charge in [-0.25, -0.2) is 5.84 Å². The quantitative estimate of drug-likeness (QED) is 0.507. The lowest BCUT2D eigenvalue weighted by Crippen LogP contribution is -2.30. The van der Waals surface area contributed by atoms with Gasteiger partial charge in [0.05, 0.1) is 0 Å². The summed E-state index contributed by atoms with van der Waals surface area (Å²) in [6.45, 7) is 2.05. The molecule has 1 amide bonds. The van der Waals surface area contributed by atoms with Gasteiger partial charge in [0.1, 0.15) is 12.4 Å². The fourth-order valence-corrected chi connectivity index (χ4v) is 1.60. The highest BCUT2D eigenvalue weighted by Gasteiger charge is 2.11. The molecule has 0 atom stereocenters. The Morgan fingerprint density at radius 3 is 3.05 bits per heavy atom. The monoisotopic (exact) mass is 281 g/mol. The number of nitrogens with zero attached hydrogens (tertiary/aromatic N) is 1. The maximum absolute atomic E-state index is 11.2. The molecule has 0 bridgehead atoms. The second kappa shape index (κ2) is 5.73. The molecule has 0 spiro atoms. The lowest BCUT2D eigenvalue weighted by atomic mass is 10.2. The van der Waals surface area contributed by atoms with Crippen molar-refractivity contribution in [1.82, 2.24) is 10.6 Å². The summed E-state index contributed by atoms with van der Waals surface area (Å²) < 4.78 is 10.5. The van der Waals surface area contributed by atoms with Gasteiger partial charge in [-0.1, -0.05) is 22.8 Å². The molecule has 0 aliphatic heterocycles. The number of hydrogen-bond donors (Lipinski definition) is 2. The summed E-state index contributed by atoms with van der Waals surface area (Å²) in [5.74, 6) is 5.53. The topological polar surface area (TPSA) is 90.4 Å². The number of nitrogen functional groups attached to an aromatic ring is 1. The Kier molecular flexibility index (Phi) is 4.03. The number of hydrazine groups is 1. The van der Waals surface area contributed by atoms with Crippen molar-refractivity contribution < 1.29 is 14.1 Å². The highest BCUT2D eigenvalue weighted by atomic mass is 35.5. The molecule has 0 radical (unpaired) electrons. The fraction of sp³-hybridized carbons (Fsp3) is 0.167. The van der Waals surface area contributed by atoms with E-state index in [1.54, 1.807) is 12.1 Å². The number of aromatic nitrogens is 1. The Morgan fingerprint density at radius 1 is 1.53 bits per heavy atom. The average Bonchev–Trinajstić information content (AvgIpc) is 2.88. The van der Waals surface area contributed by atoms with Gasteiger partial charge in [0.25, 0.3) is 5.91 Å². The first-order valence-corrected chi connectivity index (χ1v) is 5.83. The van der Waals surface area contributed by atoms with E-state index in [4.69, 9.17) is 26.7 Å². The van der Waals surface area contributed by atoms with Crippen LogP contribution in [0.15, 0.2) is 28.8 Å². The van der Waals surface area contributed by atoms with Crippen molar-refractivity contribution in [2.24, 2.45) is 5.84 Å². The smallest absolute Gasteiger partial charge is 0.287 e. The molecule has 0 aliphatic carbocycles. The second-order valence-electron chi connectivity index (χ2n) is 3.85. The van der Waals surface area contributed by atoms with E-state index in [0.29, 0.717) is 16.5 Å². The van der Waals surface area contributed by atoms with Crippen LogP contribution in [0.3, 0.4) is 0 Å². The zero-order valence-corrected chi connectivity index (χ0v) is 10.9. The van der Waals surface area contributed by atoms with Crippen molar-refractivity contribution in [3.8, 4) is 5.75 Å². The van der Waals surface area contributed by atoms with E-state index in [2.05, 4.69) is 5.16 Å². The Labute approximate surface area is 114 Å². The summed E-state index contributed by atoms with van der Waals surface area (Å²) in [7, 11) is 0. The van der Waals surface area contributed by atoms with Crippen LogP contribution in [0, 0.1) is 6.92 Å². The van der Waals surface area contributed by atoms with E-state index in [9.17, 15) is 4.79 Å². The third-order valence-electron chi connectivity index (χ3n) is 2.44. The van der Waals surface area contributed by atoms with Crippen LogP contribution in [0.1, 0.15) is 21.8 Å². The standard InChI is InChI=1S/C12H12ClN3O3/c1-7-2-3-8(13)4-11(7)18-6-9-5-10(16-19-9)12(17)15-14/h2-5H,6,14H2,1H3,(H,15,17). The van der Waals surface area contributed by atoms with Crippen LogP contribution in [0.4, 0.5) is 0 Å². The molecule has 1 aromatic heterocycles. The third kappa shape index (κ3) is 3.24. The first kappa shape index (κ1) is 13.4. The fourth-order valence-electron chi connectivity index (χ4n) is 1.44. The molecule has 100 valence electrons. The molecule has 0 aliphatic rings. The highest BCUT2D eigenvalue weighted by Crippen LogP contribution is 2.23. The van der Waals surface area contributed by atoms with Gasteiger partial charge >= 0.3 is 0 Å². The minimum Gasteiger partial charge on any atom is -0.485 e. The van der Waals surface area contributed by atoms with Crippen molar-refractivity contribution >= 4 is 17.5 Å². The SMILES string of the molecule is Cc1ccc(Cl)cc1OCc1cc(C(=O)NN)no1. The van der Waals surface area contributed by atoms with Crippen LogP contribution in [0.2, 0.25) is 5.02 Å².